The van der Waals surface area contributed by atoms with Crippen molar-refractivity contribution < 1.29 is 0 Å². The lowest BCUT2D eigenvalue weighted by molar-refractivity contribution is 0.589. The molecule has 0 unspecified atom stereocenters. The van der Waals surface area contributed by atoms with Gasteiger partial charge in [0.15, 0.2) is 0 Å². The summed E-state index contributed by atoms with van der Waals surface area (Å²) in [4.78, 5) is 7.23. The molecule has 0 radical (unpaired) electrons. The van der Waals surface area contributed by atoms with Crippen molar-refractivity contribution >= 4 is 73.6 Å². The lowest BCUT2D eigenvalue weighted by atomic mass is 9.81. The first kappa shape index (κ1) is 54.0. The Bertz CT molecular complexity index is 2980. The predicted octanol–water partition coefficient (Wildman–Crippen LogP) is 21.7. The highest BCUT2D eigenvalue weighted by molar-refractivity contribution is 6.37. The quantitative estimate of drug-likeness (QED) is 0.143. The Morgan fingerprint density at radius 1 is 0.284 bits per heavy atom. The van der Waals surface area contributed by atoms with E-state index >= 15 is 0 Å². The SMILES string of the molecule is CC(C)(C)c1ccc(N(c2ccc(C(C)(C)C)cc2)c2cc(N(c3ccccc3)c3c(C(C)(C)C)ccc4cc(C(C)(C)C)ccc34)cc(N(c3ccc(C(C)(C)C)cc3)c3ccc(C(C)(C)C)cc3)c2Cl)cc1. The number of fused-ring (bicyclic) bond motifs is 1. The molecule has 0 saturated carbocycles. The Kier molecular flexibility index (Phi) is 14.4. The van der Waals surface area contributed by atoms with Gasteiger partial charge in [-0.2, -0.15) is 0 Å². The second-order valence-electron chi connectivity index (χ2n) is 26.7. The van der Waals surface area contributed by atoms with Crippen LogP contribution >= 0.6 is 11.6 Å². The molecule has 3 nitrogen and oxygen atoms in total. The van der Waals surface area contributed by atoms with E-state index in [0.29, 0.717) is 5.02 Å². The number of anilines is 9. The van der Waals surface area contributed by atoms with Gasteiger partial charge in [0, 0.05) is 33.8 Å². The van der Waals surface area contributed by atoms with E-state index in [2.05, 4.69) is 309 Å². The van der Waals surface area contributed by atoms with E-state index in [4.69, 9.17) is 11.6 Å². The zero-order valence-corrected chi connectivity index (χ0v) is 48.6. The first-order valence-electron chi connectivity index (χ1n) is 26.7. The molecule has 0 fully saturated rings. The molecule has 0 bridgehead atoms. The summed E-state index contributed by atoms with van der Waals surface area (Å²) in [5, 5.41) is 3.02. The van der Waals surface area contributed by atoms with E-state index in [9.17, 15) is 0 Å². The molecule has 0 aliphatic carbocycles. The van der Waals surface area contributed by atoms with Crippen molar-refractivity contribution in [2.75, 3.05) is 14.7 Å². The van der Waals surface area contributed by atoms with Crippen LogP contribution in [0.15, 0.2) is 170 Å². The third-order valence-corrected chi connectivity index (χ3v) is 15.0. The van der Waals surface area contributed by atoms with Crippen molar-refractivity contribution in [3.8, 4) is 0 Å². The van der Waals surface area contributed by atoms with Gasteiger partial charge in [-0.1, -0.05) is 233 Å². The number of halogens is 1. The van der Waals surface area contributed by atoms with Gasteiger partial charge in [-0.15, -0.1) is 0 Å². The van der Waals surface area contributed by atoms with Crippen LogP contribution in [0.2, 0.25) is 5.02 Å². The molecule has 0 atom stereocenters. The summed E-state index contributed by atoms with van der Waals surface area (Å²) in [7, 11) is 0. The summed E-state index contributed by atoms with van der Waals surface area (Å²) in [5.41, 5.74) is 16.2. The van der Waals surface area contributed by atoms with Gasteiger partial charge in [-0.05, 0) is 144 Å². The third-order valence-electron chi connectivity index (χ3n) is 14.6. The van der Waals surface area contributed by atoms with Crippen molar-refractivity contribution in [3.63, 3.8) is 0 Å². The zero-order chi connectivity index (χ0) is 53.9. The van der Waals surface area contributed by atoms with Crippen molar-refractivity contribution in [2.45, 2.75) is 157 Å². The average molecular weight is 1000 g/mol. The number of para-hydroxylation sites is 1. The summed E-state index contributed by atoms with van der Waals surface area (Å²) in [6.45, 7) is 41.2. The summed E-state index contributed by atoms with van der Waals surface area (Å²) in [6.07, 6.45) is 0. The van der Waals surface area contributed by atoms with Gasteiger partial charge in [0.2, 0.25) is 0 Å². The van der Waals surface area contributed by atoms with E-state index in [1.165, 1.54) is 44.2 Å². The van der Waals surface area contributed by atoms with Crippen molar-refractivity contribution in [1.82, 2.24) is 0 Å². The normalized spacial score (nSPS) is 12.8. The lowest BCUT2D eigenvalue weighted by Crippen LogP contribution is -2.21. The number of rotatable bonds is 9. The lowest BCUT2D eigenvalue weighted by Gasteiger charge is -2.37. The van der Waals surface area contributed by atoms with Gasteiger partial charge in [-0.25, -0.2) is 0 Å². The van der Waals surface area contributed by atoms with E-state index in [0.717, 1.165) is 51.2 Å². The van der Waals surface area contributed by atoms with Crippen molar-refractivity contribution in [2.24, 2.45) is 0 Å². The Morgan fingerprint density at radius 3 is 0.932 bits per heavy atom. The molecule has 0 aliphatic rings. The number of nitrogens with zero attached hydrogens (tertiary/aromatic N) is 3. The highest BCUT2D eigenvalue weighted by Gasteiger charge is 2.31. The fourth-order valence-electron chi connectivity index (χ4n) is 9.94. The summed E-state index contributed by atoms with van der Waals surface area (Å²) >= 11 is 8.34. The van der Waals surface area contributed by atoms with Crippen LogP contribution in [0.5, 0.6) is 0 Å². The molecule has 4 heteroatoms. The maximum absolute atomic E-state index is 8.34. The minimum absolute atomic E-state index is 0.0184. The van der Waals surface area contributed by atoms with Gasteiger partial charge in [0.05, 0.1) is 27.8 Å². The molecule has 0 heterocycles. The molecule has 0 aliphatic heterocycles. The van der Waals surface area contributed by atoms with Crippen LogP contribution in [0, 0.1) is 0 Å². The fraction of sp³-hybridized carbons (Fsp3) is 0.343. The minimum atomic E-state index is -0.220. The van der Waals surface area contributed by atoms with Crippen molar-refractivity contribution in [1.29, 1.82) is 0 Å². The topological polar surface area (TPSA) is 9.72 Å². The average Bonchev–Trinajstić information content (AvgIpc) is 3.32. The molecule has 8 aromatic carbocycles. The molecule has 74 heavy (non-hydrogen) atoms. The first-order valence-corrected chi connectivity index (χ1v) is 27.1. The Hall–Kier alpha value is -6.29. The number of benzene rings is 8. The maximum Gasteiger partial charge on any atom is 0.0888 e. The minimum Gasteiger partial charge on any atom is -0.309 e. The molecule has 0 aromatic heterocycles. The maximum atomic E-state index is 8.34. The fourth-order valence-corrected chi connectivity index (χ4v) is 10.2. The van der Waals surface area contributed by atoms with E-state index in [-0.39, 0.29) is 32.5 Å². The van der Waals surface area contributed by atoms with Crippen LogP contribution in [0.4, 0.5) is 51.2 Å². The van der Waals surface area contributed by atoms with Crippen LogP contribution < -0.4 is 14.7 Å². The van der Waals surface area contributed by atoms with E-state index < -0.39 is 0 Å². The van der Waals surface area contributed by atoms with Crippen LogP contribution in [-0.2, 0) is 32.5 Å². The van der Waals surface area contributed by atoms with Gasteiger partial charge in [0.25, 0.3) is 0 Å². The standard InChI is InChI=1S/C70H82ClN3/c1-65(2,3)48-25-34-54(35-26-48)72(55-36-27-49(28-37-55)66(4,5)6)61-45-58(46-62(63(61)71)73(56-38-29-50(30-39-56)67(7,8)9)57-40-31-51(32-41-57)68(10,11)12)74(53-22-20-19-21-23-53)64-59-42-33-52(69(13,14)15)44-47(59)24-43-60(64)70(16,17)18/h19-46H,1-18H3. The number of hydrogen-bond donors (Lipinski definition) is 0. The van der Waals surface area contributed by atoms with Gasteiger partial charge in [0.1, 0.15) is 0 Å². The Labute approximate surface area is 451 Å². The smallest absolute Gasteiger partial charge is 0.0888 e. The van der Waals surface area contributed by atoms with Gasteiger partial charge in [-0.3, -0.25) is 0 Å². The summed E-state index contributed by atoms with van der Waals surface area (Å²) in [6, 6.07) is 63.6. The number of hydrogen-bond acceptors (Lipinski definition) is 3. The second kappa shape index (κ2) is 19.8. The molecular weight excluding hydrogens is 918 g/mol. The third kappa shape index (κ3) is 11.3. The van der Waals surface area contributed by atoms with E-state index in [1.54, 1.807) is 0 Å². The molecule has 8 aromatic rings. The van der Waals surface area contributed by atoms with Crippen molar-refractivity contribution in [3.05, 3.63) is 208 Å². The first-order chi connectivity index (χ1) is 34.4. The predicted molar refractivity (Wildman–Crippen MR) is 325 cm³/mol. The molecule has 0 N–H and O–H groups in total. The van der Waals surface area contributed by atoms with Gasteiger partial charge < -0.3 is 14.7 Å². The Balaban J connectivity index is 1.55. The van der Waals surface area contributed by atoms with Crippen LogP contribution in [0.1, 0.15) is 158 Å². The summed E-state index contributed by atoms with van der Waals surface area (Å²) in [5.74, 6) is 0. The highest BCUT2D eigenvalue weighted by Crippen LogP contribution is 2.53. The molecule has 384 valence electrons. The molecular formula is C70H82ClN3. The van der Waals surface area contributed by atoms with Crippen LogP contribution in [-0.4, -0.2) is 0 Å². The molecule has 0 amide bonds. The zero-order valence-electron chi connectivity index (χ0n) is 47.9. The largest absolute Gasteiger partial charge is 0.309 e. The molecule has 0 spiro atoms. The van der Waals surface area contributed by atoms with Gasteiger partial charge >= 0.3 is 0 Å². The molecule has 8 rings (SSSR count). The summed E-state index contributed by atoms with van der Waals surface area (Å²) < 4.78 is 0. The van der Waals surface area contributed by atoms with E-state index in [1.807, 2.05) is 0 Å². The monoisotopic (exact) mass is 1000 g/mol. The van der Waals surface area contributed by atoms with Crippen LogP contribution in [0.3, 0.4) is 0 Å². The van der Waals surface area contributed by atoms with Crippen LogP contribution in [0.25, 0.3) is 10.8 Å². The highest BCUT2D eigenvalue weighted by atomic mass is 35.5. The molecule has 0 saturated heterocycles. The Morgan fingerprint density at radius 2 is 0.608 bits per heavy atom. The second-order valence-corrected chi connectivity index (χ2v) is 27.1.